The maximum Gasteiger partial charge on any atom is 0.277 e. The van der Waals surface area contributed by atoms with Crippen LogP contribution >= 0.6 is 0 Å². The van der Waals surface area contributed by atoms with Gasteiger partial charge in [0.2, 0.25) is 0 Å². The third kappa shape index (κ3) is 4.31. The first-order valence-corrected chi connectivity index (χ1v) is 8.33. The molecule has 1 fully saturated rings. The fraction of sp³-hybridized carbons (Fsp3) is 0.529. The Bertz CT molecular complexity index is 587. The van der Waals surface area contributed by atoms with Crippen LogP contribution in [0.15, 0.2) is 24.3 Å². The zero-order valence-corrected chi connectivity index (χ0v) is 13.7. The van der Waals surface area contributed by atoms with E-state index in [0.717, 1.165) is 25.7 Å². The fourth-order valence-electron chi connectivity index (χ4n) is 3.18. The number of nitrogen functional groups attached to an aromatic ring is 1. The largest absolute Gasteiger partial charge is 0.398 e. The second-order valence-electron chi connectivity index (χ2n) is 6.45. The van der Waals surface area contributed by atoms with Gasteiger partial charge in [-0.2, -0.15) is 0 Å². The number of imide groups is 1. The Kier molecular flexibility index (Phi) is 6.30. The van der Waals surface area contributed by atoms with Gasteiger partial charge < -0.3 is 16.6 Å². The highest BCUT2D eigenvalue weighted by Crippen LogP contribution is 2.27. The molecule has 7 nitrogen and oxygen atoms in total. The first-order valence-electron chi connectivity index (χ1n) is 8.33. The van der Waals surface area contributed by atoms with Crippen LogP contribution < -0.4 is 17.3 Å². The monoisotopic (exact) mass is 334 g/mol. The second kappa shape index (κ2) is 8.23. The SMILES string of the molecule is Nc1ccccc1C(=O)N(N)C(=O)C(O)[C@H](N)CC1CCCCC1. The molecule has 132 valence electrons. The van der Waals surface area contributed by atoms with E-state index in [-0.39, 0.29) is 11.3 Å². The number of aliphatic hydroxyl groups excluding tert-OH is 1. The van der Waals surface area contributed by atoms with Crippen LogP contribution in [0.2, 0.25) is 0 Å². The van der Waals surface area contributed by atoms with E-state index in [2.05, 4.69) is 0 Å². The summed E-state index contributed by atoms with van der Waals surface area (Å²) < 4.78 is 0. The van der Waals surface area contributed by atoms with Gasteiger partial charge >= 0.3 is 0 Å². The van der Waals surface area contributed by atoms with Gasteiger partial charge in [0.05, 0.1) is 5.56 Å². The first kappa shape index (κ1) is 18.4. The summed E-state index contributed by atoms with van der Waals surface area (Å²) in [5.41, 5.74) is 12.0. The van der Waals surface area contributed by atoms with Gasteiger partial charge in [0, 0.05) is 11.7 Å². The first-order chi connectivity index (χ1) is 11.4. The molecule has 2 amide bonds. The zero-order chi connectivity index (χ0) is 17.7. The number of benzene rings is 1. The fourth-order valence-corrected chi connectivity index (χ4v) is 3.18. The normalized spacial score (nSPS) is 18.0. The summed E-state index contributed by atoms with van der Waals surface area (Å²) in [5.74, 6) is 4.33. The molecule has 0 bridgehead atoms. The summed E-state index contributed by atoms with van der Waals surface area (Å²) in [6.45, 7) is 0. The van der Waals surface area contributed by atoms with Crippen LogP contribution in [0, 0.1) is 5.92 Å². The number of amides is 2. The van der Waals surface area contributed by atoms with Crippen LogP contribution in [0.1, 0.15) is 48.9 Å². The number of nitrogens with two attached hydrogens (primary N) is 3. The van der Waals surface area contributed by atoms with Gasteiger partial charge in [0.1, 0.15) is 6.10 Å². The van der Waals surface area contributed by atoms with Gasteiger partial charge in [-0.05, 0) is 24.5 Å². The molecule has 1 aliphatic rings. The maximum absolute atomic E-state index is 12.3. The van der Waals surface area contributed by atoms with Gasteiger partial charge in [-0.15, -0.1) is 0 Å². The Morgan fingerprint density at radius 2 is 1.83 bits per heavy atom. The van der Waals surface area contributed by atoms with Crippen molar-refractivity contribution in [2.75, 3.05) is 5.73 Å². The lowest BCUT2D eigenvalue weighted by Gasteiger charge is -2.28. The number of carbonyl (C=O) groups is 2. The number of carbonyl (C=O) groups excluding carboxylic acids is 2. The number of para-hydroxylation sites is 1. The summed E-state index contributed by atoms with van der Waals surface area (Å²) in [5, 5.41) is 10.6. The Hall–Kier alpha value is -1.96. The number of nitrogens with zero attached hydrogens (tertiary/aromatic N) is 1. The lowest BCUT2D eigenvalue weighted by atomic mass is 9.84. The minimum atomic E-state index is -1.51. The molecule has 0 aliphatic heterocycles. The standard InChI is InChI=1S/C17H26N4O3/c18-13-9-5-4-8-12(13)16(23)21(20)17(24)15(22)14(19)10-11-6-2-1-3-7-11/h4-5,8-9,11,14-15,22H,1-3,6-7,10,18-20H2/t14-,15?/m1/s1. The van der Waals surface area contributed by atoms with Gasteiger partial charge in [-0.1, -0.05) is 44.2 Å². The van der Waals surface area contributed by atoms with E-state index in [1.54, 1.807) is 12.1 Å². The molecular weight excluding hydrogens is 308 g/mol. The van der Waals surface area contributed by atoms with Crippen LogP contribution in [0.4, 0.5) is 5.69 Å². The van der Waals surface area contributed by atoms with Gasteiger partial charge in [-0.3, -0.25) is 9.59 Å². The minimum absolute atomic E-state index is 0.112. The van der Waals surface area contributed by atoms with E-state index < -0.39 is 24.0 Å². The van der Waals surface area contributed by atoms with E-state index in [1.165, 1.54) is 18.6 Å². The van der Waals surface area contributed by atoms with Crippen LogP contribution in [-0.2, 0) is 4.79 Å². The third-order valence-corrected chi connectivity index (χ3v) is 4.64. The molecule has 1 aromatic rings. The summed E-state index contributed by atoms with van der Waals surface area (Å²) in [6, 6.07) is 5.56. The number of anilines is 1. The van der Waals surface area contributed by atoms with Crippen molar-refractivity contribution in [2.45, 2.75) is 50.7 Å². The van der Waals surface area contributed by atoms with Gasteiger partial charge in [0.25, 0.3) is 11.8 Å². The van der Waals surface area contributed by atoms with E-state index in [4.69, 9.17) is 17.3 Å². The average molecular weight is 334 g/mol. The quantitative estimate of drug-likeness (QED) is 0.272. The van der Waals surface area contributed by atoms with Gasteiger partial charge in [-0.25, -0.2) is 10.9 Å². The number of hydrogen-bond donors (Lipinski definition) is 4. The molecule has 2 atom stereocenters. The van der Waals surface area contributed by atoms with Crippen molar-refractivity contribution in [3.63, 3.8) is 0 Å². The van der Waals surface area contributed by atoms with Gasteiger partial charge in [0.15, 0.2) is 0 Å². The molecule has 0 radical (unpaired) electrons. The molecule has 24 heavy (non-hydrogen) atoms. The van der Waals surface area contributed by atoms with Crippen molar-refractivity contribution in [3.05, 3.63) is 29.8 Å². The number of aliphatic hydroxyl groups is 1. The average Bonchev–Trinajstić information content (AvgIpc) is 2.60. The van der Waals surface area contributed by atoms with E-state index in [9.17, 15) is 14.7 Å². The van der Waals surface area contributed by atoms with Crippen molar-refractivity contribution in [2.24, 2.45) is 17.5 Å². The molecule has 1 aliphatic carbocycles. The second-order valence-corrected chi connectivity index (χ2v) is 6.45. The smallest absolute Gasteiger partial charge is 0.277 e. The lowest BCUT2D eigenvalue weighted by molar-refractivity contribution is -0.138. The summed E-state index contributed by atoms with van der Waals surface area (Å²) in [7, 11) is 0. The molecular formula is C17H26N4O3. The molecule has 7 heteroatoms. The van der Waals surface area contributed by atoms with E-state index in [0.29, 0.717) is 17.3 Å². The highest BCUT2D eigenvalue weighted by atomic mass is 16.3. The van der Waals surface area contributed by atoms with Crippen molar-refractivity contribution in [1.82, 2.24) is 5.01 Å². The van der Waals surface area contributed by atoms with E-state index >= 15 is 0 Å². The number of rotatable bonds is 5. The predicted octanol–water partition coefficient (Wildman–Crippen LogP) is 0.770. The molecule has 1 saturated carbocycles. The Balaban J connectivity index is 1.98. The summed E-state index contributed by atoms with van der Waals surface area (Å²) >= 11 is 0. The number of hydrogen-bond acceptors (Lipinski definition) is 6. The minimum Gasteiger partial charge on any atom is -0.398 e. The third-order valence-electron chi connectivity index (χ3n) is 4.64. The van der Waals surface area contributed by atoms with Crippen molar-refractivity contribution in [3.8, 4) is 0 Å². The van der Waals surface area contributed by atoms with E-state index in [1.807, 2.05) is 0 Å². The molecule has 1 unspecified atom stereocenters. The zero-order valence-electron chi connectivity index (χ0n) is 13.7. The molecule has 0 saturated heterocycles. The molecule has 1 aromatic carbocycles. The Morgan fingerprint density at radius 1 is 1.21 bits per heavy atom. The van der Waals surface area contributed by atoms with Crippen LogP contribution in [0.3, 0.4) is 0 Å². The Morgan fingerprint density at radius 3 is 2.46 bits per heavy atom. The summed E-state index contributed by atoms with van der Waals surface area (Å²) in [6.07, 6.45) is 4.66. The van der Waals surface area contributed by atoms with Crippen LogP contribution in [0.5, 0.6) is 0 Å². The van der Waals surface area contributed by atoms with Crippen molar-refractivity contribution in [1.29, 1.82) is 0 Å². The predicted molar refractivity (Wildman–Crippen MR) is 91.4 cm³/mol. The summed E-state index contributed by atoms with van der Waals surface area (Å²) in [4.78, 5) is 24.5. The maximum atomic E-state index is 12.3. The topological polar surface area (TPSA) is 136 Å². The highest BCUT2D eigenvalue weighted by molar-refractivity contribution is 6.07. The van der Waals surface area contributed by atoms with Crippen LogP contribution in [0.25, 0.3) is 0 Å². The number of hydrazine groups is 1. The van der Waals surface area contributed by atoms with Crippen LogP contribution in [-0.4, -0.2) is 34.1 Å². The van der Waals surface area contributed by atoms with Crippen molar-refractivity contribution >= 4 is 17.5 Å². The molecule has 0 heterocycles. The molecule has 0 aromatic heterocycles. The molecule has 7 N–H and O–H groups in total. The van der Waals surface area contributed by atoms with Crippen molar-refractivity contribution < 1.29 is 14.7 Å². The molecule has 0 spiro atoms. The highest BCUT2D eigenvalue weighted by Gasteiger charge is 2.32. The molecule has 2 rings (SSSR count). The Labute approximate surface area is 141 Å². The lowest BCUT2D eigenvalue weighted by Crippen LogP contribution is -2.53.